The molecule has 3 nitrogen and oxygen atoms in total. The summed E-state index contributed by atoms with van der Waals surface area (Å²) >= 11 is 0. The van der Waals surface area contributed by atoms with E-state index in [0.717, 1.165) is 12.1 Å². The predicted octanol–water partition coefficient (Wildman–Crippen LogP) is 3.19. The van der Waals surface area contributed by atoms with Crippen LogP contribution in [-0.4, -0.2) is 11.1 Å². The van der Waals surface area contributed by atoms with Crippen molar-refractivity contribution in [2.75, 3.05) is 6.54 Å². The van der Waals surface area contributed by atoms with Gasteiger partial charge in [-0.2, -0.15) is 0 Å². The lowest BCUT2D eigenvalue weighted by Gasteiger charge is -2.09. The Kier molecular flexibility index (Phi) is 4.33. The first-order valence-corrected chi connectivity index (χ1v) is 6.72. The number of hydrogen-bond donors (Lipinski definition) is 2. The molecule has 1 atom stereocenters. The number of halogens is 1. The van der Waals surface area contributed by atoms with Crippen molar-refractivity contribution >= 4 is 34.2 Å². The van der Waals surface area contributed by atoms with Crippen molar-refractivity contribution in [3.63, 3.8) is 0 Å². The van der Waals surface area contributed by atoms with Crippen LogP contribution < -0.4 is 11.5 Å². The first-order valence-electron chi connectivity index (χ1n) is 6.72. The molecule has 20 heavy (non-hydrogen) atoms. The van der Waals surface area contributed by atoms with Gasteiger partial charge >= 0.3 is 0 Å². The highest BCUT2D eigenvalue weighted by atomic mass is 35.5. The van der Waals surface area contributed by atoms with Gasteiger partial charge in [-0.1, -0.05) is 24.3 Å². The topological polar surface area (TPSA) is 57.0 Å². The lowest BCUT2D eigenvalue weighted by molar-refractivity contribution is 0.738. The van der Waals surface area contributed by atoms with Gasteiger partial charge in [-0.15, -0.1) is 12.4 Å². The van der Waals surface area contributed by atoms with Gasteiger partial charge in [-0.3, -0.25) is 0 Å². The fraction of sp³-hybridized carbons (Fsp3) is 0.250. The highest BCUT2D eigenvalue weighted by molar-refractivity contribution is 6.08. The first kappa shape index (κ1) is 14.9. The highest BCUT2D eigenvalue weighted by Gasteiger charge is 2.11. The molecule has 0 bridgehead atoms. The van der Waals surface area contributed by atoms with Gasteiger partial charge < -0.3 is 16.0 Å². The summed E-state index contributed by atoms with van der Waals surface area (Å²) in [5, 5.41) is 2.55. The molecule has 0 aliphatic heterocycles. The van der Waals surface area contributed by atoms with Gasteiger partial charge in [0.05, 0.1) is 0 Å². The largest absolute Gasteiger partial charge is 0.341 e. The first-order chi connectivity index (χ1) is 9.26. The molecule has 106 valence electrons. The molecule has 3 rings (SSSR count). The van der Waals surface area contributed by atoms with Crippen LogP contribution in [0.2, 0.25) is 0 Å². The zero-order valence-corrected chi connectivity index (χ0v) is 12.4. The summed E-state index contributed by atoms with van der Waals surface area (Å²) in [5.74, 6) is 0. The van der Waals surface area contributed by atoms with Crippen LogP contribution in [0.4, 0.5) is 0 Å². The van der Waals surface area contributed by atoms with Gasteiger partial charge in [-0.05, 0) is 30.7 Å². The van der Waals surface area contributed by atoms with E-state index >= 15 is 0 Å². The summed E-state index contributed by atoms with van der Waals surface area (Å²) in [6, 6.07) is 14.8. The van der Waals surface area contributed by atoms with Crippen LogP contribution in [0.15, 0.2) is 42.5 Å². The van der Waals surface area contributed by atoms with E-state index in [4.69, 9.17) is 11.5 Å². The summed E-state index contributed by atoms with van der Waals surface area (Å²) in [5.41, 5.74) is 15.3. The number of benzene rings is 2. The Hall–Kier alpha value is -1.55. The molecule has 1 heterocycles. The second kappa shape index (κ2) is 5.83. The molecule has 2 aromatic carbocycles. The molecule has 0 fully saturated rings. The van der Waals surface area contributed by atoms with Gasteiger partial charge in [-0.25, -0.2) is 0 Å². The molecular formula is C16H20ClN3. The third kappa shape index (κ3) is 2.18. The molecule has 0 aliphatic rings. The number of aryl methyl sites for hydroxylation is 1. The highest BCUT2D eigenvalue weighted by Crippen LogP contribution is 2.30. The van der Waals surface area contributed by atoms with Crippen LogP contribution >= 0.6 is 12.4 Å². The number of rotatable bonds is 3. The third-order valence-corrected chi connectivity index (χ3v) is 3.79. The average molecular weight is 290 g/mol. The Labute approximate surface area is 125 Å². The monoisotopic (exact) mass is 289 g/mol. The SMILES string of the molecule is CCn1c2ccccc2c2cc([C@@H](N)CN)ccc21.Cl. The minimum Gasteiger partial charge on any atom is -0.341 e. The number of hydrogen-bond acceptors (Lipinski definition) is 2. The summed E-state index contributed by atoms with van der Waals surface area (Å²) in [7, 11) is 0. The molecule has 0 saturated carbocycles. The molecular weight excluding hydrogens is 270 g/mol. The number of nitrogens with zero attached hydrogens (tertiary/aromatic N) is 1. The summed E-state index contributed by atoms with van der Waals surface area (Å²) in [6.07, 6.45) is 0. The fourth-order valence-electron chi connectivity index (χ4n) is 2.78. The molecule has 0 saturated heterocycles. The Balaban J connectivity index is 0.00000147. The zero-order valence-electron chi connectivity index (χ0n) is 11.5. The van der Waals surface area contributed by atoms with Crippen molar-refractivity contribution < 1.29 is 0 Å². The molecule has 1 aromatic heterocycles. The van der Waals surface area contributed by atoms with Crippen LogP contribution in [0.1, 0.15) is 18.5 Å². The molecule has 0 amide bonds. The average Bonchev–Trinajstić information content (AvgIpc) is 2.79. The molecule has 0 unspecified atom stereocenters. The predicted molar refractivity (Wildman–Crippen MR) is 88.3 cm³/mol. The molecule has 4 N–H and O–H groups in total. The lowest BCUT2D eigenvalue weighted by atomic mass is 10.0. The summed E-state index contributed by atoms with van der Waals surface area (Å²) < 4.78 is 2.34. The van der Waals surface area contributed by atoms with Gasteiger partial charge in [0.25, 0.3) is 0 Å². The zero-order chi connectivity index (χ0) is 13.4. The fourth-order valence-corrected chi connectivity index (χ4v) is 2.78. The van der Waals surface area contributed by atoms with Crippen molar-refractivity contribution in [1.29, 1.82) is 0 Å². The van der Waals surface area contributed by atoms with Crippen LogP contribution in [0.3, 0.4) is 0 Å². The van der Waals surface area contributed by atoms with Crippen molar-refractivity contribution in [3.05, 3.63) is 48.0 Å². The van der Waals surface area contributed by atoms with Gasteiger partial charge in [0.2, 0.25) is 0 Å². The Morgan fingerprint density at radius 3 is 2.45 bits per heavy atom. The molecule has 0 aliphatic carbocycles. The third-order valence-electron chi connectivity index (χ3n) is 3.79. The normalized spacial score (nSPS) is 12.6. The van der Waals surface area contributed by atoms with E-state index in [1.54, 1.807) is 0 Å². The molecule has 0 spiro atoms. The van der Waals surface area contributed by atoms with Crippen LogP contribution in [-0.2, 0) is 6.54 Å². The van der Waals surface area contributed by atoms with E-state index < -0.39 is 0 Å². The van der Waals surface area contributed by atoms with Gasteiger partial charge in [0.15, 0.2) is 0 Å². The minimum absolute atomic E-state index is 0. The summed E-state index contributed by atoms with van der Waals surface area (Å²) in [4.78, 5) is 0. The minimum atomic E-state index is -0.0897. The maximum Gasteiger partial charge on any atom is 0.0491 e. The number of fused-ring (bicyclic) bond motifs is 3. The number of para-hydroxylation sites is 1. The molecule has 3 aromatic rings. The van der Waals surface area contributed by atoms with Crippen molar-refractivity contribution in [1.82, 2.24) is 4.57 Å². The second-order valence-corrected chi connectivity index (χ2v) is 4.88. The standard InChI is InChI=1S/C16H19N3.ClH/c1-2-19-15-6-4-3-5-12(15)13-9-11(14(18)10-17)7-8-16(13)19;/h3-9,14H,2,10,17-18H2,1H3;1H/t14-;/m0./s1. The van der Waals surface area contributed by atoms with Crippen molar-refractivity contribution in [3.8, 4) is 0 Å². The number of aromatic nitrogens is 1. The van der Waals surface area contributed by atoms with Crippen LogP contribution in [0.25, 0.3) is 21.8 Å². The maximum absolute atomic E-state index is 6.04. The van der Waals surface area contributed by atoms with E-state index in [2.05, 4.69) is 54.0 Å². The molecule has 0 radical (unpaired) electrons. The van der Waals surface area contributed by atoms with Gasteiger partial charge in [0.1, 0.15) is 0 Å². The Morgan fingerprint density at radius 2 is 1.75 bits per heavy atom. The quantitative estimate of drug-likeness (QED) is 0.778. The van der Waals surface area contributed by atoms with Crippen LogP contribution in [0.5, 0.6) is 0 Å². The van der Waals surface area contributed by atoms with Crippen molar-refractivity contribution in [2.45, 2.75) is 19.5 Å². The van der Waals surface area contributed by atoms with Gasteiger partial charge in [0, 0.05) is 40.9 Å². The van der Waals surface area contributed by atoms with Crippen LogP contribution in [0, 0.1) is 0 Å². The lowest BCUT2D eigenvalue weighted by Crippen LogP contribution is -2.20. The van der Waals surface area contributed by atoms with E-state index in [1.165, 1.54) is 21.8 Å². The smallest absolute Gasteiger partial charge is 0.0491 e. The number of nitrogens with two attached hydrogens (primary N) is 2. The maximum atomic E-state index is 6.04. The molecule has 4 heteroatoms. The van der Waals surface area contributed by atoms with E-state index in [1.807, 2.05) is 0 Å². The summed E-state index contributed by atoms with van der Waals surface area (Å²) in [6.45, 7) is 3.61. The second-order valence-electron chi connectivity index (χ2n) is 4.88. The Bertz CT molecular complexity index is 733. The van der Waals surface area contributed by atoms with E-state index in [0.29, 0.717) is 6.54 Å². The van der Waals surface area contributed by atoms with E-state index in [9.17, 15) is 0 Å². The van der Waals surface area contributed by atoms with E-state index in [-0.39, 0.29) is 18.4 Å². The Morgan fingerprint density at radius 1 is 1.05 bits per heavy atom. The van der Waals surface area contributed by atoms with Crippen molar-refractivity contribution in [2.24, 2.45) is 11.5 Å².